The SMILES string of the molecule is COC(=O)C(C)CN(CCNC(C)=O)C(=O)/C=C/c1ccccc1. The van der Waals surface area contributed by atoms with Gasteiger partial charge in [0.15, 0.2) is 0 Å². The fraction of sp³-hybridized carbons (Fsp3) is 0.389. The molecule has 1 aromatic rings. The summed E-state index contributed by atoms with van der Waals surface area (Å²) in [7, 11) is 1.32. The maximum absolute atomic E-state index is 12.4. The molecule has 1 N–H and O–H groups in total. The van der Waals surface area contributed by atoms with Crippen LogP contribution in [0.2, 0.25) is 0 Å². The lowest BCUT2D eigenvalue weighted by atomic mass is 10.1. The molecule has 6 nitrogen and oxygen atoms in total. The van der Waals surface area contributed by atoms with E-state index >= 15 is 0 Å². The van der Waals surface area contributed by atoms with E-state index in [1.54, 1.807) is 13.0 Å². The van der Waals surface area contributed by atoms with E-state index in [1.165, 1.54) is 25.0 Å². The minimum atomic E-state index is -0.443. The molecule has 0 aliphatic carbocycles. The highest BCUT2D eigenvalue weighted by molar-refractivity contribution is 5.92. The second-order valence-electron chi connectivity index (χ2n) is 5.44. The molecule has 0 aromatic heterocycles. The maximum atomic E-state index is 12.4. The Morgan fingerprint density at radius 3 is 2.50 bits per heavy atom. The van der Waals surface area contributed by atoms with Crippen LogP contribution in [0.4, 0.5) is 0 Å². The second-order valence-corrected chi connectivity index (χ2v) is 5.44. The first kappa shape index (κ1) is 19.4. The first-order valence-corrected chi connectivity index (χ1v) is 7.78. The predicted molar refractivity (Wildman–Crippen MR) is 91.9 cm³/mol. The molecule has 0 bridgehead atoms. The zero-order valence-corrected chi connectivity index (χ0v) is 14.3. The Hall–Kier alpha value is -2.63. The van der Waals surface area contributed by atoms with E-state index < -0.39 is 5.92 Å². The standard InChI is InChI=1S/C18H24N2O4/c1-14(18(23)24-3)13-20(12-11-19-15(2)21)17(22)10-9-16-7-5-4-6-8-16/h4-10,14H,11-13H2,1-3H3,(H,19,21)/b10-9+. The van der Waals surface area contributed by atoms with Crippen molar-refractivity contribution >= 4 is 23.9 Å². The van der Waals surface area contributed by atoms with Gasteiger partial charge in [-0.05, 0) is 11.6 Å². The third-order valence-corrected chi connectivity index (χ3v) is 3.38. The van der Waals surface area contributed by atoms with Crippen molar-refractivity contribution < 1.29 is 19.1 Å². The zero-order valence-electron chi connectivity index (χ0n) is 14.3. The molecule has 0 saturated carbocycles. The Bertz CT molecular complexity index is 584. The largest absolute Gasteiger partial charge is 0.469 e. The van der Waals surface area contributed by atoms with Gasteiger partial charge in [-0.25, -0.2) is 0 Å². The van der Waals surface area contributed by atoms with Crippen molar-refractivity contribution in [1.82, 2.24) is 10.2 Å². The van der Waals surface area contributed by atoms with Gasteiger partial charge in [-0.3, -0.25) is 14.4 Å². The summed E-state index contributed by atoms with van der Waals surface area (Å²) >= 11 is 0. The molecule has 0 aliphatic rings. The summed E-state index contributed by atoms with van der Waals surface area (Å²) in [6, 6.07) is 9.46. The van der Waals surface area contributed by atoms with Crippen molar-refractivity contribution in [3.05, 3.63) is 42.0 Å². The first-order valence-electron chi connectivity index (χ1n) is 7.78. The number of ether oxygens (including phenoxy) is 1. The fourth-order valence-corrected chi connectivity index (χ4v) is 2.10. The molecule has 1 rings (SSSR count). The van der Waals surface area contributed by atoms with Gasteiger partial charge in [-0.2, -0.15) is 0 Å². The summed E-state index contributed by atoms with van der Waals surface area (Å²) in [5.41, 5.74) is 0.911. The number of rotatable bonds is 8. The highest BCUT2D eigenvalue weighted by Gasteiger charge is 2.20. The topological polar surface area (TPSA) is 75.7 Å². The van der Waals surface area contributed by atoms with Crippen molar-refractivity contribution in [3.63, 3.8) is 0 Å². The molecular formula is C18H24N2O4. The highest BCUT2D eigenvalue weighted by atomic mass is 16.5. The van der Waals surface area contributed by atoms with Crippen molar-refractivity contribution in [2.45, 2.75) is 13.8 Å². The van der Waals surface area contributed by atoms with Crippen LogP contribution < -0.4 is 5.32 Å². The summed E-state index contributed by atoms with van der Waals surface area (Å²) < 4.78 is 4.70. The van der Waals surface area contributed by atoms with Gasteiger partial charge in [-0.15, -0.1) is 0 Å². The Morgan fingerprint density at radius 2 is 1.92 bits per heavy atom. The lowest BCUT2D eigenvalue weighted by Gasteiger charge is -2.24. The number of nitrogens with zero attached hydrogens (tertiary/aromatic N) is 1. The van der Waals surface area contributed by atoms with Crippen molar-refractivity contribution in [2.24, 2.45) is 5.92 Å². The van der Waals surface area contributed by atoms with Crippen LogP contribution >= 0.6 is 0 Å². The van der Waals surface area contributed by atoms with Crippen LogP contribution in [-0.2, 0) is 19.1 Å². The Balaban J connectivity index is 2.74. The van der Waals surface area contributed by atoms with Crippen LogP contribution in [-0.4, -0.2) is 49.4 Å². The molecule has 1 atom stereocenters. The third-order valence-electron chi connectivity index (χ3n) is 3.38. The first-order chi connectivity index (χ1) is 11.4. The minimum absolute atomic E-state index is 0.164. The molecule has 0 aliphatic heterocycles. The Kier molecular flexibility index (Phi) is 8.25. The molecule has 0 fully saturated rings. The summed E-state index contributed by atoms with van der Waals surface area (Å²) in [4.78, 5) is 36.5. The van der Waals surface area contributed by atoms with Gasteiger partial charge in [0.1, 0.15) is 0 Å². The Morgan fingerprint density at radius 1 is 1.25 bits per heavy atom. The zero-order chi connectivity index (χ0) is 17.9. The molecule has 6 heteroatoms. The van der Waals surface area contributed by atoms with Gasteiger partial charge in [0.25, 0.3) is 0 Å². The number of hydrogen-bond donors (Lipinski definition) is 1. The number of benzene rings is 1. The lowest BCUT2D eigenvalue weighted by Crippen LogP contribution is -2.41. The average Bonchev–Trinajstić information content (AvgIpc) is 2.58. The molecule has 130 valence electrons. The molecule has 1 unspecified atom stereocenters. The van der Waals surface area contributed by atoms with E-state index in [0.717, 1.165) is 5.56 Å². The molecule has 0 heterocycles. The number of hydrogen-bond acceptors (Lipinski definition) is 4. The van der Waals surface area contributed by atoms with Gasteiger partial charge in [-0.1, -0.05) is 37.3 Å². The molecule has 0 saturated heterocycles. The third kappa shape index (κ3) is 7.09. The molecule has 24 heavy (non-hydrogen) atoms. The predicted octanol–water partition coefficient (Wildman–Crippen LogP) is 1.47. The molecule has 2 amide bonds. The molecule has 0 spiro atoms. The summed E-state index contributed by atoms with van der Waals surface area (Å²) in [6.45, 7) is 3.99. The fourth-order valence-electron chi connectivity index (χ4n) is 2.10. The Labute approximate surface area is 142 Å². The number of carbonyl (C=O) groups is 3. The van der Waals surface area contributed by atoms with E-state index in [-0.39, 0.29) is 24.3 Å². The van der Waals surface area contributed by atoms with Crippen LogP contribution in [0.15, 0.2) is 36.4 Å². The number of carbonyl (C=O) groups excluding carboxylic acids is 3. The van der Waals surface area contributed by atoms with Crippen molar-refractivity contribution in [1.29, 1.82) is 0 Å². The second kappa shape index (κ2) is 10.2. The van der Waals surface area contributed by atoms with Crippen LogP contribution in [0.25, 0.3) is 6.08 Å². The average molecular weight is 332 g/mol. The normalized spacial score (nSPS) is 11.8. The van der Waals surface area contributed by atoms with Crippen molar-refractivity contribution in [2.75, 3.05) is 26.7 Å². The smallest absolute Gasteiger partial charge is 0.310 e. The number of methoxy groups -OCH3 is 1. The van der Waals surface area contributed by atoms with E-state index in [4.69, 9.17) is 4.74 Å². The van der Waals surface area contributed by atoms with Crippen LogP contribution in [0.1, 0.15) is 19.4 Å². The summed E-state index contributed by atoms with van der Waals surface area (Å²) in [5, 5.41) is 2.65. The van der Waals surface area contributed by atoms with E-state index in [0.29, 0.717) is 13.1 Å². The summed E-state index contributed by atoms with van der Waals surface area (Å²) in [6.07, 6.45) is 3.18. The monoisotopic (exact) mass is 332 g/mol. The van der Waals surface area contributed by atoms with Gasteiger partial charge < -0.3 is 15.0 Å². The molecule has 1 aromatic carbocycles. The molecule has 0 radical (unpaired) electrons. The van der Waals surface area contributed by atoms with Crippen LogP contribution in [0.3, 0.4) is 0 Å². The highest BCUT2D eigenvalue weighted by Crippen LogP contribution is 2.06. The number of esters is 1. The number of amides is 2. The van der Waals surface area contributed by atoms with Gasteiger partial charge in [0, 0.05) is 32.6 Å². The van der Waals surface area contributed by atoms with Gasteiger partial charge in [0.05, 0.1) is 13.0 Å². The quantitative estimate of drug-likeness (QED) is 0.578. The van der Waals surface area contributed by atoms with Gasteiger partial charge >= 0.3 is 5.97 Å². The van der Waals surface area contributed by atoms with Crippen molar-refractivity contribution in [3.8, 4) is 0 Å². The number of nitrogens with one attached hydrogen (secondary N) is 1. The lowest BCUT2D eigenvalue weighted by molar-refractivity contribution is -0.146. The van der Waals surface area contributed by atoms with E-state index in [2.05, 4.69) is 5.32 Å². The van der Waals surface area contributed by atoms with Gasteiger partial charge in [0.2, 0.25) is 11.8 Å². The van der Waals surface area contributed by atoms with E-state index in [9.17, 15) is 14.4 Å². The minimum Gasteiger partial charge on any atom is -0.469 e. The summed E-state index contributed by atoms with van der Waals surface area (Å²) in [5.74, 6) is -1.20. The van der Waals surface area contributed by atoms with Crippen LogP contribution in [0.5, 0.6) is 0 Å². The maximum Gasteiger partial charge on any atom is 0.310 e. The molecular weight excluding hydrogens is 308 g/mol. The van der Waals surface area contributed by atoms with E-state index in [1.807, 2.05) is 30.3 Å². The van der Waals surface area contributed by atoms with Crippen LogP contribution in [0, 0.1) is 5.92 Å².